The molecule has 0 saturated carbocycles. The Kier molecular flexibility index (Phi) is 4.98. The quantitative estimate of drug-likeness (QED) is 0.516. The van der Waals surface area contributed by atoms with Crippen molar-refractivity contribution in [2.24, 2.45) is 0 Å². The van der Waals surface area contributed by atoms with Crippen LogP contribution in [0.25, 0.3) is 0 Å². The number of nitrogens with one attached hydrogen (secondary N) is 3. The van der Waals surface area contributed by atoms with Crippen molar-refractivity contribution >= 4 is 17.8 Å². The van der Waals surface area contributed by atoms with Crippen molar-refractivity contribution in [3.05, 3.63) is 12.7 Å². The molecule has 0 fully saturated rings. The van der Waals surface area contributed by atoms with E-state index in [1.165, 1.54) is 14.0 Å². The highest BCUT2D eigenvalue weighted by molar-refractivity contribution is 6.01. The summed E-state index contributed by atoms with van der Waals surface area (Å²) in [7, 11) is 1.45. The number of rotatable bonds is 3. The van der Waals surface area contributed by atoms with Crippen molar-refractivity contribution in [3.63, 3.8) is 0 Å². The van der Waals surface area contributed by atoms with E-state index in [1.807, 2.05) is 5.32 Å². The first kappa shape index (κ1) is 12.2. The molecule has 0 bridgehead atoms. The number of carbonyl (C=O) groups excluding carboxylic acids is 3. The lowest BCUT2D eigenvalue weighted by Crippen LogP contribution is -2.48. The molecule has 0 heterocycles. The van der Waals surface area contributed by atoms with E-state index in [-0.39, 0.29) is 5.91 Å². The zero-order valence-corrected chi connectivity index (χ0v) is 8.09. The van der Waals surface area contributed by atoms with E-state index in [2.05, 4.69) is 17.2 Å². The maximum atomic E-state index is 11.0. The van der Waals surface area contributed by atoms with Gasteiger partial charge in [0.2, 0.25) is 5.91 Å². The van der Waals surface area contributed by atoms with Crippen molar-refractivity contribution in [2.75, 3.05) is 7.05 Å². The van der Waals surface area contributed by atoms with Gasteiger partial charge < -0.3 is 10.6 Å². The zero-order valence-electron chi connectivity index (χ0n) is 8.09. The molecule has 0 spiro atoms. The van der Waals surface area contributed by atoms with Gasteiger partial charge in [-0.25, -0.2) is 4.79 Å². The van der Waals surface area contributed by atoms with Gasteiger partial charge in [0.05, 0.1) is 0 Å². The van der Waals surface area contributed by atoms with Crippen LogP contribution in [0, 0.1) is 0 Å². The van der Waals surface area contributed by atoms with Crippen LogP contribution in [-0.4, -0.2) is 30.9 Å². The standard InChI is InChI=1S/C8H13N3O3/c1-4-6(12)11-8(14)10-5(2)7(13)9-3/h4-5H,1H2,2-3H3,(H,9,13)(H2,10,11,12,14)/t5-/m0/s1. The summed E-state index contributed by atoms with van der Waals surface area (Å²) in [6.07, 6.45) is 0.962. The molecule has 1 atom stereocenters. The molecule has 0 aromatic carbocycles. The highest BCUT2D eigenvalue weighted by atomic mass is 16.2. The first-order chi connectivity index (χ1) is 6.51. The van der Waals surface area contributed by atoms with E-state index < -0.39 is 18.0 Å². The zero-order chi connectivity index (χ0) is 11.1. The van der Waals surface area contributed by atoms with Crippen molar-refractivity contribution < 1.29 is 14.4 Å². The SMILES string of the molecule is C=CC(=O)NC(=O)N[C@@H](C)C(=O)NC. The van der Waals surface area contributed by atoms with Gasteiger partial charge in [-0.3, -0.25) is 14.9 Å². The van der Waals surface area contributed by atoms with Gasteiger partial charge in [-0.2, -0.15) is 0 Å². The van der Waals surface area contributed by atoms with Crippen molar-refractivity contribution in [2.45, 2.75) is 13.0 Å². The Hall–Kier alpha value is -1.85. The Labute approximate surface area is 81.7 Å². The monoisotopic (exact) mass is 199 g/mol. The summed E-state index contributed by atoms with van der Waals surface area (Å²) in [6.45, 7) is 4.67. The summed E-state index contributed by atoms with van der Waals surface area (Å²) in [5, 5.41) is 6.57. The van der Waals surface area contributed by atoms with Gasteiger partial charge in [0.25, 0.3) is 5.91 Å². The van der Waals surface area contributed by atoms with Crippen LogP contribution in [0.1, 0.15) is 6.92 Å². The number of amides is 4. The highest BCUT2D eigenvalue weighted by Gasteiger charge is 2.14. The lowest BCUT2D eigenvalue weighted by atomic mass is 10.3. The van der Waals surface area contributed by atoms with Gasteiger partial charge in [-0.1, -0.05) is 6.58 Å². The van der Waals surface area contributed by atoms with E-state index >= 15 is 0 Å². The topological polar surface area (TPSA) is 87.3 Å². The van der Waals surface area contributed by atoms with Crippen LogP contribution in [-0.2, 0) is 9.59 Å². The molecule has 0 rings (SSSR count). The molecule has 0 aliphatic carbocycles. The summed E-state index contributed by atoms with van der Waals surface area (Å²) in [6, 6.07) is -1.43. The Morgan fingerprint density at radius 1 is 1.36 bits per heavy atom. The van der Waals surface area contributed by atoms with Crippen LogP contribution in [0.5, 0.6) is 0 Å². The Bertz CT molecular complexity index is 263. The van der Waals surface area contributed by atoms with Crippen molar-refractivity contribution in [3.8, 4) is 0 Å². The third-order valence-electron chi connectivity index (χ3n) is 1.41. The first-order valence-electron chi connectivity index (χ1n) is 3.96. The van der Waals surface area contributed by atoms with E-state index in [0.29, 0.717) is 0 Å². The van der Waals surface area contributed by atoms with Crippen LogP contribution in [0.3, 0.4) is 0 Å². The van der Waals surface area contributed by atoms with Crippen LogP contribution >= 0.6 is 0 Å². The molecule has 0 aromatic rings. The largest absolute Gasteiger partial charge is 0.357 e. The van der Waals surface area contributed by atoms with Gasteiger partial charge in [-0.05, 0) is 13.0 Å². The van der Waals surface area contributed by atoms with E-state index in [4.69, 9.17) is 0 Å². The third-order valence-corrected chi connectivity index (χ3v) is 1.41. The summed E-state index contributed by atoms with van der Waals surface area (Å²) in [5.41, 5.74) is 0. The highest BCUT2D eigenvalue weighted by Crippen LogP contribution is 1.80. The fraction of sp³-hybridized carbons (Fsp3) is 0.375. The van der Waals surface area contributed by atoms with Crippen LogP contribution < -0.4 is 16.0 Å². The molecular weight excluding hydrogens is 186 g/mol. The maximum absolute atomic E-state index is 11.0. The molecule has 4 amide bonds. The normalized spacial score (nSPS) is 11.0. The summed E-state index contributed by atoms with van der Waals surface area (Å²) in [4.78, 5) is 32.6. The summed E-state index contributed by atoms with van der Waals surface area (Å²) in [5.74, 6) is -0.960. The molecule has 0 aromatic heterocycles. The molecule has 0 aliphatic heterocycles. The summed E-state index contributed by atoms with van der Waals surface area (Å²) >= 11 is 0. The molecular formula is C8H13N3O3. The van der Waals surface area contributed by atoms with E-state index in [9.17, 15) is 14.4 Å². The molecule has 78 valence electrons. The fourth-order valence-electron chi connectivity index (χ4n) is 0.678. The Morgan fingerprint density at radius 2 is 1.93 bits per heavy atom. The van der Waals surface area contributed by atoms with E-state index in [0.717, 1.165) is 6.08 Å². The average Bonchev–Trinajstić information content (AvgIpc) is 2.15. The number of carbonyl (C=O) groups is 3. The Balaban J connectivity index is 4.00. The second-order valence-corrected chi connectivity index (χ2v) is 2.50. The lowest BCUT2D eigenvalue weighted by molar-refractivity contribution is -0.122. The van der Waals surface area contributed by atoms with Gasteiger partial charge in [0.15, 0.2) is 0 Å². The number of hydrogen-bond acceptors (Lipinski definition) is 3. The predicted molar refractivity (Wildman–Crippen MR) is 50.4 cm³/mol. The predicted octanol–water partition coefficient (Wildman–Crippen LogP) is -0.867. The fourth-order valence-corrected chi connectivity index (χ4v) is 0.678. The van der Waals surface area contributed by atoms with E-state index in [1.54, 1.807) is 0 Å². The Morgan fingerprint density at radius 3 is 2.36 bits per heavy atom. The second kappa shape index (κ2) is 5.74. The lowest BCUT2D eigenvalue weighted by Gasteiger charge is -2.11. The van der Waals surface area contributed by atoms with Gasteiger partial charge in [-0.15, -0.1) is 0 Å². The maximum Gasteiger partial charge on any atom is 0.322 e. The van der Waals surface area contributed by atoms with Crippen LogP contribution in [0.2, 0.25) is 0 Å². The number of hydrogen-bond donors (Lipinski definition) is 3. The number of imide groups is 1. The van der Waals surface area contributed by atoms with Gasteiger partial charge >= 0.3 is 6.03 Å². The molecule has 0 unspecified atom stereocenters. The minimum absolute atomic E-state index is 0.341. The third kappa shape index (κ3) is 4.24. The number of urea groups is 1. The minimum atomic E-state index is -0.731. The molecule has 3 N–H and O–H groups in total. The molecule has 0 saturated heterocycles. The van der Waals surface area contributed by atoms with Crippen LogP contribution in [0.15, 0.2) is 12.7 Å². The minimum Gasteiger partial charge on any atom is -0.357 e. The molecule has 6 nitrogen and oxygen atoms in total. The average molecular weight is 199 g/mol. The van der Waals surface area contributed by atoms with Gasteiger partial charge in [0.1, 0.15) is 6.04 Å². The molecule has 14 heavy (non-hydrogen) atoms. The van der Waals surface area contributed by atoms with Gasteiger partial charge in [0, 0.05) is 7.05 Å². The second-order valence-electron chi connectivity index (χ2n) is 2.50. The molecule has 6 heteroatoms. The molecule has 0 aliphatic rings. The smallest absolute Gasteiger partial charge is 0.322 e. The van der Waals surface area contributed by atoms with Crippen molar-refractivity contribution in [1.29, 1.82) is 0 Å². The van der Waals surface area contributed by atoms with Crippen LogP contribution in [0.4, 0.5) is 4.79 Å². The molecule has 0 radical (unpaired) electrons. The van der Waals surface area contributed by atoms with Crippen molar-refractivity contribution in [1.82, 2.24) is 16.0 Å². The first-order valence-corrected chi connectivity index (χ1v) is 3.96. The summed E-state index contributed by atoms with van der Waals surface area (Å²) < 4.78 is 0. The number of likely N-dealkylation sites (N-methyl/N-ethyl adjacent to an activating group) is 1.